The van der Waals surface area contributed by atoms with Gasteiger partial charge in [0.2, 0.25) is 0 Å². The van der Waals surface area contributed by atoms with Crippen LogP contribution in [0.3, 0.4) is 0 Å². The number of ether oxygens (including phenoxy) is 1. The summed E-state index contributed by atoms with van der Waals surface area (Å²) in [4.78, 5) is 0. The monoisotopic (exact) mass is 465 g/mol. The van der Waals surface area contributed by atoms with Gasteiger partial charge in [0.25, 0.3) is 0 Å². The first kappa shape index (κ1) is 25.8. The lowest BCUT2D eigenvalue weighted by Gasteiger charge is -2.52. The minimum Gasteiger partial charge on any atom is -0.394 e. The van der Waals surface area contributed by atoms with E-state index in [-0.39, 0.29) is 30.9 Å². The van der Waals surface area contributed by atoms with Crippen molar-refractivity contribution < 1.29 is 14.9 Å². The Balaban J connectivity index is 1.47. The van der Waals surface area contributed by atoms with E-state index < -0.39 is 0 Å². The van der Waals surface area contributed by atoms with Gasteiger partial charge < -0.3 is 14.9 Å². The Labute approximate surface area is 202 Å². The second-order valence-corrected chi connectivity index (χ2v) is 12.3. The van der Waals surface area contributed by atoms with Crippen molar-refractivity contribution in [2.75, 3.05) is 13.2 Å². The lowest BCUT2D eigenvalue weighted by atomic mass is 9.71. The van der Waals surface area contributed by atoms with Gasteiger partial charge in [-0.3, -0.25) is 16.0 Å². The Bertz CT molecular complexity index is 573. The molecule has 0 bridgehead atoms. The van der Waals surface area contributed by atoms with Gasteiger partial charge in [-0.1, -0.05) is 40.5 Å². The maximum absolute atomic E-state index is 11.1. The number of hydrogen-bond acceptors (Lipinski definition) is 6. The van der Waals surface area contributed by atoms with Crippen molar-refractivity contribution >= 4 is 0 Å². The molecule has 0 aromatic rings. The highest BCUT2D eigenvalue weighted by Gasteiger charge is 2.45. The molecular formula is C27H51N3O3. The summed E-state index contributed by atoms with van der Waals surface area (Å²) >= 11 is 0. The molecule has 3 saturated carbocycles. The third kappa shape index (κ3) is 6.31. The topological polar surface area (TPSA) is 85.8 Å². The Morgan fingerprint density at radius 1 is 0.667 bits per heavy atom. The van der Waals surface area contributed by atoms with Gasteiger partial charge in [-0.15, -0.1) is 0 Å². The van der Waals surface area contributed by atoms with E-state index >= 15 is 0 Å². The molecule has 11 atom stereocenters. The Kier molecular flexibility index (Phi) is 9.13. The normalized spacial score (nSPS) is 49.6. The van der Waals surface area contributed by atoms with Gasteiger partial charge in [-0.25, -0.2) is 0 Å². The fourth-order valence-corrected chi connectivity index (χ4v) is 7.73. The smallest absolute Gasteiger partial charge is 0.0701 e. The molecule has 6 nitrogen and oxygen atoms in total. The zero-order chi connectivity index (χ0) is 23.5. The maximum Gasteiger partial charge on any atom is 0.0701 e. The van der Waals surface area contributed by atoms with E-state index in [0.717, 1.165) is 36.5 Å². The summed E-state index contributed by atoms with van der Waals surface area (Å²) in [5.74, 6) is 4.59. The minimum atomic E-state index is -0.376. The third-order valence-corrected chi connectivity index (χ3v) is 9.62. The van der Waals surface area contributed by atoms with E-state index in [1.807, 2.05) is 0 Å². The standard InChI is InChI=1S/C27H51N3O3/c1-16-5-8-21(18(3)13-16)25-28-26(22-9-6-17(2)14-19(22)4)30-27(29-25)23-10-7-20(15-24(23)32)33-12-11-31/h16-32H,5-15H2,1-4H3. The molecule has 1 heterocycles. The Morgan fingerprint density at radius 3 is 1.61 bits per heavy atom. The fraction of sp³-hybridized carbons (Fsp3) is 1.00. The second kappa shape index (κ2) is 11.7. The third-order valence-electron chi connectivity index (χ3n) is 9.62. The lowest BCUT2D eigenvalue weighted by molar-refractivity contribution is -0.0692. The molecule has 4 aliphatic rings. The van der Waals surface area contributed by atoms with Crippen LogP contribution in [0.4, 0.5) is 0 Å². The molecule has 0 radical (unpaired) electrons. The SMILES string of the molecule is CC1CCC(C2NC(C3CCC(C)CC3C)NC(C3CCC(OCCO)CC3O)N2)C(C)C1. The molecule has 192 valence electrons. The van der Waals surface area contributed by atoms with Crippen molar-refractivity contribution in [2.45, 2.75) is 116 Å². The molecule has 11 unspecified atom stereocenters. The van der Waals surface area contributed by atoms with Gasteiger partial charge in [0.1, 0.15) is 0 Å². The van der Waals surface area contributed by atoms with E-state index in [0.29, 0.717) is 37.2 Å². The van der Waals surface area contributed by atoms with Crippen LogP contribution in [0, 0.1) is 41.4 Å². The first-order chi connectivity index (χ1) is 15.9. The first-order valence-corrected chi connectivity index (χ1v) is 14.0. The summed E-state index contributed by atoms with van der Waals surface area (Å²) in [6.45, 7) is 10.1. The van der Waals surface area contributed by atoms with E-state index in [4.69, 9.17) is 9.84 Å². The number of aliphatic hydroxyl groups excluding tert-OH is 2. The highest BCUT2D eigenvalue weighted by molar-refractivity contribution is 4.98. The molecule has 0 aromatic heterocycles. The van der Waals surface area contributed by atoms with Crippen LogP contribution >= 0.6 is 0 Å². The van der Waals surface area contributed by atoms with Crippen LogP contribution in [0.5, 0.6) is 0 Å². The maximum atomic E-state index is 11.1. The van der Waals surface area contributed by atoms with Crippen LogP contribution in [-0.2, 0) is 4.74 Å². The van der Waals surface area contributed by atoms with E-state index in [2.05, 4.69) is 43.6 Å². The highest BCUT2D eigenvalue weighted by Crippen LogP contribution is 2.39. The predicted octanol–water partition coefficient (Wildman–Crippen LogP) is 3.43. The molecule has 0 spiro atoms. The predicted molar refractivity (Wildman–Crippen MR) is 132 cm³/mol. The van der Waals surface area contributed by atoms with Gasteiger partial charge in [0.15, 0.2) is 0 Å². The summed E-state index contributed by atoms with van der Waals surface area (Å²) in [5.41, 5.74) is 0. The molecule has 0 amide bonds. The van der Waals surface area contributed by atoms with Crippen LogP contribution < -0.4 is 16.0 Å². The van der Waals surface area contributed by atoms with Crippen molar-refractivity contribution in [1.29, 1.82) is 0 Å². The molecule has 5 N–H and O–H groups in total. The zero-order valence-electron chi connectivity index (χ0n) is 21.5. The average Bonchev–Trinajstić information content (AvgIpc) is 2.77. The largest absolute Gasteiger partial charge is 0.394 e. The number of aliphatic hydroxyl groups is 2. The Hall–Kier alpha value is -0.240. The minimum absolute atomic E-state index is 0.0488. The van der Waals surface area contributed by atoms with Crippen molar-refractivity contribution in [3.05, 3.63) is 0 Å². The van der Waals surface area contributed by atoms with Gasteiger partial charge >= 0.3 is 0 Å². The van der Waals surface area contributed by atoms with Crippen LogP contribution in [-0.4, -0.2) is 54.1 Å². The molecule has 1 saturated heterocycles. The molecule has 1 aliphatic heterocycles. The molecule has 4 fully saturated rings. The van der Waals surface area contributed by atoms with Gasteiger partial charge in [-0.05, 0) is 80.5 Å². The van der Waals surface area contributed by atoms with Crippen molar-refractivity contribution in [2.24, 2.45) is 41.4 Å². The van der Waals surface area contributed by atoms with Crippen LogP contribution in [0.1, 0.15) is 85.5 Å². The van der Waals surface area contributed by atoms with Crippen molar-refractivity contribution in [3.8, 4) is 0 Å². The quantitative estimate of drug-likeness (QED) is 0.413. The van der Waals surface area contributed by atoms with Crippen LogP contribution in [0.2, 0.25) is 0 Å². The van der Waals surface area contributed by atoms with E-state index in [1.165, 1.54) is 38.5 Å². The lowest BCUT2D eigenvalue weighted by Crippen LogP contribution is -2.74. The number of hydrogen-bond donors (Lipinski definition) is 5. The second-order valence-electron chi connectivity index (χ2n) is 12.3. The summed E-state index contributed by atoms with van der Waals surface area (Å²) in [6, 6.07) is 0. The molecule has 4 rings (SSSR count). The van der Waals surface area contributed by atoms with Crippen molar-refractivity contribution in [3.63, 3.8) is 0 Å². The molecular weight excluding hydrogens is 414 g/mol. The van der Waals surface area contributed by atoms with Crippen LogP contribution in [0.15, 0.2) is 0 Å². The molecule has 3 aliphatic carbocycles. The van der Waals surface area contributed by atoms with Gasteiger partial charge in [0.05, 0.1) is 43.9 Å². The molecule has 6 heteroatoms. The molecule has 33 heavy (non-hydrogen) atoms. The number of nitrogens with one attached hydrogen (secondary N) is 3. The summed E-state index contributed by atoms with van der Waals surface area (Å²) in [6.07, 6.45) is 10.9. The van der Waals surface area contributed by atoms with E-state index in [9.17, 15) is 5.11 Å². The number of rotatable bonds is 6. The zero-order valence-corrected chi connectivity index (χ0v) is 21.5. The fourth-order valence-electron chi connectivity index (χ4n) is 7.73. The van der Waals surface area contributed by atoms with Gasteiger partial charge in [0, 0.05) is 5.92 Å². The first-order valence-electron chi connectivity index (χ1n) is 14.0. The van der Waals surface area contributed by atoms with Gasteiger partial charge in [-0.2, -0.15) is 0 Å². The average molecular weight is 466 g/mol. The summed E-state index contributed by atoms with van der Waals surface area (Å²) in [7, 11) is 0. The Morgan fingerprint density at radius 2 is 1.15 bits per heavy atom. The summed E-state index contributed by atoms with van der Waals surface area (Å²) in [5, 5.41) is 32.2. The summed E-state index contributed by atoms with van der Waals surface area (Å²) < 4.78 is 5.76. The van der Waals surface area contributed by atoms with E-state index in [1.54, 1.807) is 0 Å². The van der Waals surface area contributed by atoms with Crippen LogP contribution in [0.25, 0.3) is 0 Å². The molecule has 0 aromatic carbocycles. The highest BCUT2D eigenvalue weighted by atomic mass is 16.5. The van der Waals surface area contributed by atoms with Crippen molar-refractivity contribution in [1.82, 2.24) is 16.0 Å².